The summed E-state index contributed by atoms with van der Waals surface area (Å²) in [5.74, 6) is -0.362. The van der Waals surface area contributed by atoms with Crippen LogP contribution in [0.4, 0.5) is 4.39 Å². The number of hydrogen-bond donors (Lipinski definition) is 0. The molecule has 1 aliphatic rings. The SMILES string of the molecule is CC1(C)OB(c2cccc3c2oc2c(F)cccc23)OC1(C)C. The summed E-state index contributed by atoms with van der Waals surface area (Å²) in [5, 5.41) is 1.63. The number of hydrogen-bond acceptors (Lipinski definition) is 3. The van der Waals surface area contributed by atoms with Gasteiger partial charge in [-0.05, 0) is 33.8 Å². The van der Waals surface area contributed by atoms with E-state index < -0.39 is 18.3 Å². The maximum atomic E-state index is 14.0. The van der Waals surface area contributed by atoms with E-state index in [4.69, 9.17) is 13.7 Å². The maximum Gasteiger partial charge on any atom is 0.498 e. The van der Waals surface area contributed by atoms with E-state index in [1.54, 1.807) is 6.07 Å². The van der Waals surface area contributed by atoms with Gasteiger partial charge in [0.15, 0.2) is 11.4 Å². The first kappa shape index (κ1) is 14.7. The number of para-hydroxylation sites is 2. The Morgan fingerprint density at radius 3 is 2.04 bits per heavy atom. The van der Waals surface area contributed by atoms with E-state index in [1.165, 1.54) is 6.07 Å². The third-order valence-electron chi connectivity index (χ3n) is 5.01. The van der Waals surface area contributed by atoms with Crippen molar-refractivity contribution in [3.05, 3.63) is 42.2 Å². The second kappa shape index (κ2) is 4.59. The third kappa shape index (κ3) is 2.03. The molecule has 1 saturated heterocycles. The molecule has 0 amide bonds. The smallest absolute Gasteiger partial charge is 0.453 e. The molecule has 2 aromatic carbocycles. The fourth-order valence-electron chi connectivity index (χ4n) is 2.96. The van der Waals surface area contributed by atoms with Crippen LogP contribution in [0.15, 0.2) is 40.8 Å². The summed E-state index contributed by atoms with van der Waals surface area (Å²) in [6.45, 7) is 8.02. The Morgan fingerprint density at radius 2 is 1.39 bits per heavy atom. The van der Waals surface area contributed by atoms with E-state index in [0.29, 0.717) is 5.58 Å². The summed E-state index contributed by atoms with van der Waals surface area (Å²) in [7, 11) is -0.535. The standard InChI is InChI=1S/C18H18BFO3/c1-17(2)18(3,4)23-19(22-17)13-9-5-7-11-12-8-6-10-14(20)16(12)21-15(11)13/h5-10H,1-4H3. The van der Waals surface area contributed by atoms with Crippen LogP contribution in [0, 0.1) is 5.82 Å². The number of halogens is 1. The molecule has 3 aromatic rings. The Hall–Kier alpha value is -1.85. The molecule has 0 saturated carbocycles. The van der Waals surface area contributed by atoms with Crippen molar-refractivity contribution in [1.82, 2.24) is 0 Å². The zero-order chi connectivity index (χ0) is 16.4. The molecular weight excluding hydrogens is 294 g/mol. The van der Waals surface area contributed by atoms with Crippen LogP contribution >= 0.6 is 0 Å². The lowest BCUT2D eigenvalue weighted by Crippen LogP contribution is -2.41. The van der Waals surface area contributed by atoms with Crippen molar-refractivity contribution in [1.29, 1.82) is 0 Å². The first-order chi connectivity index (χ1) is 10.8. The Morgan fingerprint density at radius 1 is 0.826 bits per heavy atom. The van der Waals surface area contributed by atoms with Crippen molar-refractivity contribution in [2.24, 2.45) is 0 Å². The topological polar surface area (TPSA) is 31.6 Å². The molecule has 1 fully saturated rings. The second-order valence-electron chi connectivity index (χ2n) is 7.03. The average molecular weight is 312 g/mol. The number of benzene rings is 2. The summed E-state index contributed by atoms with van der Waals surface area (Å²) in [4.78, 5) is 0. The second-order valence-corrected chi connectivity index (χ2v) is 7.03. The molecule has 5 heteroatoms. The Balaban J connectivity index is 1.92. The summed E-state index contributed by atoms with van der Waals surface area (Å²) in [5.41, 5.74) is 0.808. The molecule has 1 aliphatic heterocycles. The molecule has 23 heavy (non-hydrogen) atoms. The van der Waals surface area contributed by atoms with Crippen molar-refractivity contribution in [3.63, 3.8) is 0 Å². The van der Waals surface area contributed by atoms with E-state index in [9.17, 15) is 4.39 Å². The van der Waals surface area contributed by atoms with Gasteiger partial charge in [0.2, 0.25) is 0 Å². The zero-order valence-electron chi connectivity index (χ0n) is 13.6. The fourth-order valence-corrected chi connectivity index (χ4v) is 2.96. The highest BCUT2D eigenvalue weighted by molar-refractivity contribution is 6.65. The van der Waals surface area contributed by atoms with Gasteiger partial charge in [-0.1, -0.05) is 30.3 Å². The van der Waals surface area contributed by atoms with E-state index in [-0.39, 0.29) is 11.4 Å². The Labute approximate surface area is 134 Å². The normalized spacial score (nSPS) is 19.8. The number of furan rings is 1. The molecule has 3 nitrogen and oxygen atoms in total. The van der Waals surface area contributed by atoms with E-state index in [1.807, 2.05) is 52.0 Å². The van der Waals surface area contributed by atoms with Gasteiger partial charge in [0.25, 0.3) is 0 Å². The fraction of sp³-hybridized carbons (Fsp3) is 0.333. The predicted molar refractivity (Wildman–Crippen MR) is 89.4 cm³/mol. The predicted octanol–water partition coefficient (Wildman–Crippen LogP) is 4.02. The minimum Gasteiger partial charge on any atom is -0.453 e. The highest BCUT2D eigenvalue weighted by Gasteiger charge is 2.52. The van der Waals surface area contributed by atoms with Crippen molar-refractivity contribution < 1.29 is 18.1 Å². The lowest BCUT2D eigenvalue weighted by atomic mass is 9.78. The first-order valence-corrected chi connectivity index (χ1v) is 7.75. The quantitative estimate of drug-likeness (QED) is 0.636. The number of fused-ring (bicyclic) bond motifs is 3. The summed E-state index contributed by atoms with van der Waals surface area (Å²) >= 11 is 0. The molecule has 0 atom stereocenters. The highest BCUT2D eigenvalue weighted by Crippen LogP contribution is 2.38. The summed E-state index contributed by atoms with van der Waals surface area (Å²) < 4.78 is 32.1. The first-order valence-electron chi connectivity index (χ1n) is 7.75. The van der Waals surface area contributed by atoms with Gasteiger partial charge in [0, 0.05) is 16.2 Å². The van der Waals surface area contributed by atoms with Gasteiger partial charge in [0.1, 0.15) is 5.58 Å². The average Bonchev–Trinajstić information content (AvgIpc) is 2.95. The summed E-state index contributed by atoms with van der Waals surface area (Å²) in [6, 6.07) is 10.7. The molecule has 0 N–H and O–H groups in total. The Kier molecular flexibility index (Phi) is 2.94. The van der Waals surface area contributed by atoms with Crippen LogP contribution in [0.5, 0.6) is 0 Å². The maximum absolute atomic E-state index is 14.0. The Bertz CT molecular complexity index is 897. The monoisotopic (exact) mass is 312 g/mol. The third-order valence-corrected chi connectivity index (χ3v) is 5.01. The molecule has 118 valence electrons. The van der Waals surface area contributed by atoms with Gasteiger partial charge in [-0.3, -0.25) is 0 Å². The highest BCUT2D eigenvalue weighted by atomic mass is 19.1. The van der Waals surface area contributed by atoms with E-state index >= 15 is 0 Å². The molecule has 4 rings (SSSR count). The van der Waals surface area contributed by atoms with Crippen molar-refractivity contribution >= 4 is 34.5 Å². The largest absolute Gasteiger partial charge is 0.498 e. The van der Waals surface area contributed by atoms with Crippen molar-refractivity contribution in [2.75, 3.05) is 0 Å². The van der Waals surface area contributed by atoms with Gasteiger partial charge in [0.05, 0.1) is 11.2 Å². The number of rotatable bonds is 1. The van der Waals surface area contributed by atoms with Crippen LogP contribution in [0.1, 0.15) is 27.7 Å². The molecule has 1 aromatic heterocycles. The van der Waals surface area contributed by atoms with Crippen molar-refractivity contribution in [2.45, 2.75) is 38.9 Å². The van der Waals surface area contributed by atoms with Gasteiger partial charge in [-0.2, -0.15) is 0 Å². The minimum absolute atomic E-state index is 0.270. The van der Waals surface area contributed by atoms with Crippen LogP contribution in [0.25, 0.3) is 21.9 Å². The van der Waals surface area contributed by atoms with Gasteiger partial charge in [-0.25, -0.2) is 4.39 Å². The van der Waals surface area contributed by atoms with Crippen LogP contribution in [0.2, 0.25) is 0 Å². The van der Waals surface area contributed by atoms with Gasteiger partial charge in [-0.15, -0.1) is 0 Å². The summed E-state index contributed by atoms with van der Waals surface area (Å²) in [6.07, 6.45) is 0. The molecule has 2 heterocycles. The van der Waals surface area contributed by atoms with Crippen LogP contribution in [0.3, 0.4) is 0 Å². The molecule has 0 unspecified atom stereocenters. The zero-order valence-corrected chi connectivity index (χ0v) is 13.6. The molecule has 0 bridgehead atoms. The van der Waals surface area contributed by atoms with E-state index in [2.05, 4.69) is 0 Å². The van der Waals surface area contributed by atoms with Gasteiger partial charge < -0.3 is 13.7 Å². The molecule has 0 aliphatic carbocycles. The lowest BCUT2D eigenvalue weighted by Gasteiger charge is -2.32. The van der Waals surface area contributed by atoms with E-state index in [0.717, 1.165) is 16.2 Å². The van der Waals surface area contributed by atoms with Crippen LogP contribution < -0.4 is 5.46 Å². The lowest BCUT2D eigenvalue weighted by molar-refractivity contribution is 0.00578. The van der Waals surface area contributed by atoms with Gasteiger partial charge >= 0.3 is 7.12 Å². The minimum atomic E-state index is -0.535. The molecule has 0 spiro atoms. The molecular formula is C18H18BFO3. The van der Waals surface area contributed by atoms with Crippen LogP contribution in [-0.2, 0) is 9.31 Å². The van der Waals surface area contributed by atoms with Crippen LogP contribution in [-0.4, -0.2) is 18.3 Å². The molecule has 0 radical (unpaired) electrons. The van der Waals surface area contributed by atoms with Crippen molar-refractivity contribution in [3.8, 4) is 0 Å².